The van der Waals surface area contributed by atoms with Crippen LogP contribution in [0.5, 0.6) is 0 Å². The Bertz CT molecular complexity index is 882. The van der Waals surface area contributed by atoms with Crippen LogP contribution in [0.1, 0.15) is 32.6 Å². The van der Waals surface area contributed by atoms with Gasteiger partial charge >= 0.3 is 0 Å². The van der Waals surface area contributed by atoms with Gasteiger partial charge < -0.3 is 15.1 Å². The van der Waals surface area contributed by atoms with E-state index in [0.717, 1.165) is 0 Å². The van der Waals surface area contributed by atoms with Crippen molar-refractivity contribution < 1.29 is 24.6 Å². The molecule has 0 radical (unpaired) electrons. The number of hydrogen-bond donors (Lipinski definition) is 2. The van der Waals surface area contributed by atoms with Gasteiger partial charge in [-0.05, 0) is 38.1 Å². The number of carbonyl (C=O) groups is 3. The average molecular weight is 371 g/mol. The van der Waals surface area contributed by atoms with E-state index in [1.54, 1.807) is 0 Å². The standard InChI is InChI=1S/C21H25NO5/c1-9-4-19-12-13(24)11(9)7-21(19,27)20-6-10(23)5-18(2,8-22(3)16(12)20)15(20)14(25)17(19)26/h10-12,15-16,23,27H,1,4-8H2,2-3H3/t10-,11-,12+,15+,16+,18-,19+,20+,21-/m0/s1. The van der Waals surface area contributed by atoms with Crippen molar-refractivity contribution in [1.82, 2.24) is 4.90 Å². The molecule has 1 heterocycles. The summed E-state index contributed by atoms with van der Waals surface area (Å²) < 4.78 is 0. The van der Waals surface area contributed by atoms with E-state index >= 15 is 0 Å². The summed E-state index contributed by atoms with van der Waals surface area (Å²) in [4.78, 5) is 42.6. The molecule has 0 aromatic rings. The molecule has 0 amide bonds. The molecule has 6 heteroatoms. The molecule has 144 valence electrons. The molecule has 0 unspecified atom stereocenters. The fourth-order valence-electron chi connectivity index (χ4n) is 9.29. The van der Waals surface area contributed by atoms with Crippen molar-refractivity contribution in [3.8, 4) is 0 Å². The second kappa shape index (κ2) is 4.14. The number of likely N-dealkylation sites (tertiary alicyclic amines) is 1. The molecular weight excluding hydrogens is 346 g/mol. The third kappa shape index (κ3) is 1.27. The summed E-state index contributed by atoms with van der Waals surface area (Å²) in [6, 6.07) is -0.378. The molecule has 1 saturated heterocycles. The van der Waals surface area contributed by atoms with Crippen molar-refractivity contribution in [2.75, 3.05) is 13.6 Å². The van der Waals surface area contributed by atoms with Gasteiger partial charge in [-0.25, -0.2) is 0 Å². The van der Waals surface area contributed by atoms with Gasteiger partial charge in [-0.15, -0.1) is 0 Å². The minimum Gasteiger partial charge on any atom is -0.393 e. The third-order valence-corrected chi connectivity index (χ3v) is 9.49. The van der Waals surface area contributed by atoms with Gasteiger partial charge in [0.05, 0.1) is 23.0 Å². The lowest BCUT2D eigenvalue weighted by Crippen LogP contribution is -2.78. The predicted octanol–water partition coefficient (Wildman–Crippen LogP) is 0.112. The van der Waals surface area contributed by atoms with Crippen LogP contribution in [0.15, 0.2) is 12.2 Å². The first kappa shape index (κ1) is 16.6. The third-order valence-electron chi connectivity index (χ3n) is 9.49. The highest BCUT2D eigenvalue weighted by molar-refractivity contribution is 6.43. The van der Waals surface area contributed by atoms with Crippen LogP contribution in [-0.4, -0.2) is 63.8 Å². The van der Waals surface area contributed by atoms with E-state index in [0.29, 0.717) is 18.5 Å². The Labute approximate surface area is 157 Å². The zero-order valence-electron chi connectivity index (χ0n) is 15.7. The first-order valence-electron chi connectivity index (χ1n) is 9.96. The Morgan fingerprint density at radius 1 is 1.19 bits per heavy atom. The molecule has 27 heavy (non-hydrogen) atoms. The van der Waals surface area contributed by atoms with Crippen molar-refractivity contribution in [2.45, 2.75) is 50.4 Å². The van der Waals surface area contributed by atoms with Gasteiger partial charge in [0.2, 0.25) is 11.6 Å². The van der Waals surface area contributed by atoms with Crippen molar-refractivity contribution >= 4 is 17.3 Å². The van der Waals surface area contributed by atoms with E-state index in [-0.39, 0.29) is 31.1 Å². The topological polar surface area (TPSA) is 94.9 Å². The maximum Gasteiger partial charge on any atom is 0.208 e. The van der Waals surface area contributed by atoms with Crippen LogP contribution in [0.25, 0.3) is 0 Å². The Hall–Kier alpha value is -1.37. The van der Waals surface area contributed by atoms with Crippen LogP contribution < -0.4 is 0 Å². The number of hydrogen-bond acceptors (Lipinski definition) is 6. The monoisotopic (exact) mass is 371 g/mol. The quantitative estimate of drug-likeness (QED) is 0.464. The summed E-state index contributed by atoms with van der Waals surface area (Å²) in [6.07, 6.45) is 0.473. The maximum atomic E-state index is 13.6. The van der Waals surface area contributed by atoms with Gasteiger partial charge in [0.1, 0.15) is 5.78 Å². The minimum atomic E-state index is -1.43. The van der Waals surface area contributed by atoms with Crippen molar-refractivity contribution in [3.63, 3.8) is 0 Å². The van der Waals surface area contributed by atoms with E-state index in [1.165, 1.54) is 0 Å². The molecule has 6 bridgehead atoms. The molecule has 6 aliphatic carbocycles. The lowest BCUT2D eigenvalue weighted by molar-refractivity contribution is -0.258. The fourth-order valence-corrected chi connectivity index (χ4v) is 9.29. The minimum absolute atomic E-state index is 0.0323. The van der Waals surface area contributed by atoms with Gasteiger partial charge in [-0.2, -0.15) is 0 Å². The largest absolute Gasteiger partial charge is 0.393 e. The predicted molar refractivity (Wildman–Crippen MR) is 93.4 cm³/mol. The van der Waals surface area contributed by atoms with E-state index in [9.17, 15) is 24.6 Å². The van der Waals surface area contributed by atoms with Crippen LogP contribution in [0, 0.1) is 34.0 Å². The molecule has 7 fully saturated rings. The normalized spacial score (nSPS) is 61.0. The lowest BCUT2D eigenvalue weighted by atomic mass is 9.37. The molecule has 7 aliphatic rings. The van der Waals surface area contributed by atoms with Crippen molar-refractivity contribution in [1.29, 1.82) is 0 Å². The highest BCUT2D eigenvalue weighted by Crippen LogP contribution is 2.81. The van der Waals surface area contributed by atoms with Crippen LogP contribution in [0.3, 0.4) is 0 Å². The molecule has 2 N–H and O–H groups in total. The number of rotatable bonds is 0. The SMILES string of the molecule is C=C1C[C@]23C(=O)C(=O)[C@@H]4[C@@]5(C)C[C@H](O)C[C@]46[C@@H]([C@H]2C(=O)[C@H]1C[C@@]63O)N(C)C5. The molecule has 1 aliphatic heterocycles. The molecule has 2 spiro atoms. The molecule has 7 rings (SSSR count). The second-order valence-electron chi connectivity index (χ2n) is 10.5. The van der Waals surface area contributed by atoms with E-state index in [4.69, 9.17) is 0 Å². The molecule has 6 saturated carbocycles. The van der Waals surface area contributed by atoms with Gasteiger partial charge in [0, 0.05) is 29.8 Å². The van der Waals surface area contributed by atoms with Crippen LogP contribution in [0.2, 0.25) is 0 Å². The zero-order valence-corrected chi connectivity index (χ0v) is 15.7. The Morgan fingerprint density at radius 3 is 2.59 bits per heavy atom. The maximum absolute atomic E-state index is 13.6. The van der Waals surface area contributed by atoms with E-state index in [2.05, 4.69) is 11.5 Å². The number of aliphatic hydroxyl groups excluding tert-OH is 1. The number of nitrogens with zero attached hydrogens (tertiary/aromatic N) is 1. The second-order valence-corrected chi connectivity index (χ2v) is 10.5. The molecule has 6 nitrogen and oxygen atoms in total. The summed E-state index contributed by atoms with van der Waals surface area (Å²) in [5, 5.41) is 23.0. The molecule has 9 atom stereocenters. The number of aliphatic hydroxyl groups is 2. The van der Waals surface area contributed by atoms with Crippen LogP contribution in [0.4, 0.5) is 0 Å². The Kier molecular flexibility index (Phi) is 2.54. The van der Waals surface area contributed by atoms with Crippen LogP contribution >= 0.6 is 0 Å². The van der Waals surface area contributed by atoms with Crippen molar-refractivity contribution in [2.24, 2.45) is 34.0 Å². The lowest BCUT2D eigenvalue weighted by Gasteiger charge is -2.68. The van der Waals surface area contributed by atoms with E-state index < -0.39 is 57.3 Å². The summed E-state index contributed by atoms with van der Waals surface area (Å²) in [7, 11) is 1.94. The number of carbonyl (C=O) groups excluding carboxylic acids is 3. The highest BCUT2D eigenvalue weighted by Gasteiger charge is 2.92. The smallest absolute Gasteiger partial charge is 0.208 e. The molecular formula is C21H25NO5. The zero-order chi connectivity index (χ0) is 19.3. The average Bonchev–Trinajstić information content (AvgIpc) is 2.64. The summed E-state index contributed by atoms with van der Waals surface area (Å²) in [6.45, 7) is 6.53. The van der Waals surface area contributed by atoms with Gasteiger partial charge in [0.15, 0.2) is 0 Å². The fraction of sp³-hybridized carbons (Fsp3) is 0.762. The number of allylic oxidation sites excluding steroid dienone is 1. The first-order valence-corrected chi connectivity index (χ1v) is 9.96. The Balaban J connectivity index is 1.75. The van der Waals surface area contributed by atoms with Crippen molar-refractivity contribution in [3.05, 3.63) is 12.2 Å². The first-order chi connectivity index (χ1) is 12.5. The van der Waals surface area contributed by atoms with Gasteiger partial charge in [0.25, 0.3) is 0 Å². The summed E-state index contributed by atoms with van der Waals surface area (Å²) >= 11 is 0. The Morgan fingerprint density at radius 2 is 1.89 bits per heavy atom. The van der Waals surface area contributed by atoms with Gasteiger partial charge in [-0.1, -0.05) is 19.1 Å². The number of fused-ring (bicyclic) bond motifs is 1. The number of piperidine rings is 1. The van der Waals surface area contributed by atoms with Crippen LogP contribution in [-0.2, 0) is 14.4 Å². The summed E-state index contributed by atoms with van der Waals surface area (Å²) in [5.41, 5.74) is -3.65. The number of Topliss-reactive ketones (excluding diaryl/α,β-unsaturated/α-hetero) is 3. The highest BCUT2D eigenvalue weighted by atomic mass is 16.3. The molecule has 0 aromatic carbocycles. The van der Waals surface area contributed by atoms with Gasteiger partial charge in [-0.3, -0.25) is 14.4 Å². The van der Waals surface area contributed by atoms with E-state index in [1.807, 2.05) is 14.0 Å². The number of ketones is 3. The summed E-state index contributed by atoms with van der Waals surface area (Å²) in [5.74, 6) is -2.74. The molecule has 0 aromatic heterocycles.